The highest BCUT2D eigenvalue weighted by molar-refractivity contribution is 7.88. The Morgan fingerprint density at radius 3 is 2.55 bits per heavy atom. The third-order valence-electron chi connectivity index (χ3n) is 1.89. The number of sulfonamides is 1. The van der Waals surface area contributed by atoms with Crippen molar-refractivity contribution in [1.29, 1.82) is 0 Å². The maximum absolute atomic E-state index is 11.0. The molecule has 11 heavy (non-hydrogen) atoms. The standard InChI is InChI=1S/C7H13NO2S/c1-3-7-4-5-8(6-7)11(2,9)10/h4H,3,5-6H2,1-2H3. The SMILES string of the molecule is CCC1=CCN(S(C)(=O)=O)C1. The van der Waals surface area contributed by atoms with Crippen LogP contribution in [0.25, 0.3) is 0 Å². The lowest BCUT2D eigenvalue weighted by molar-refractivity contribution is 0.489. The Labute approximate surface area is 67.8 Å². The van der Waals surface area contributed by atoms with Crippen LogP contribution in [-0.4, -0.2) is 32.1 Å². The Bertz CT molecular complexity index is 266. The van der Waals surface area contributed by atoms with Gasteiger partial charge in [0.1, 0.15) is 0 Å². The molecule has 3 nitrogen and oxygen atoms in total. The van der Waals surface area contributed by atoms with Crippen LogP contribution in [0.1, 0.15) is 13.3 Å². The summed E-state index contributed by atoms with van der Waals surface area (Å²) in [7, 11) is -2.96. The molecule has 0 unspecified atom stereocenters. The van der Waals surface area contributed by atoms with Gasteiger partial charge < -0.3 is 0 Å². The molecule has 0 aliphatic carbocycles. The van der Waals surface area contributed by atoms with Crippen LogP contribution in [0.3, 0.4) is 0 Å². The summed E-state index contributed by atoms with van der Waals surface area (Å²) in [5, 5.41) is 0. The minimum absolute atomic E-state index is 0.558. The molecule has 1 aliphatic rings. The second-order valence-electron chi connectivity index (χ2n) is 2.77. The van der Waals surface area contributed by atoms with Crippen molar-refractivity contribution in [2.24, 2.45) is 0 Å². The van der Waals surface area contributed by atoms with Gasteiger partial charge in [-0.05, 0) is 6.42 Å². The quantitative estimate of drug-likeness (QED) is 0.576. The highest BCUT2D eigenvalue weighted by Gasteiger charge is 2.20. The van der Waals surface area contributed by atoms with E-state index in [1.54, 1.807) is 0 Å². The van der Waals surface area contributed by atoms with Crippen molar-refractivity contribution in [3.63, 3.8) is 0 Å². The van der Waals surface area contributed by atoms with Crippen molar-refractivity contribution in [3.8, 4) is 0 Å². The van der Waals surface area contributed by atoms with E-state index in [-0.39, 0.29) is 0 Å². The van der Waals surface area contributed by atoms with Crippen molar-refractivity contribution >= 4 is 10.0 Å². The van der Waals surface area contributed by atoms with E-state index in [1.807, 2.05) is 13.0 Å². The molecule has 0 atom stereocenters. The van der Waals surface area contributed by atoms with Gasteiger partial charge >= 0.3 is 0 Å². The largest absolute Gasteiger partial charge is 0.212 e. The molecule has 0 radical (unpaired) electrons. The third kappa shape index (κ3) is 2.04. The normalized spacial score (nSPS) is 20.4. The molecule has 1 rings (SSSR count). The summed E-state index contributed by atoms with van der Waals surface area (Å²) in [4.78, 5) is 0. The first-order chi connectivity index (χ1) is 5.04. The van der Waals surface area contributed by atoms with Crippen LogP contribution in [0.2, 0.25) is 0 Å². The average molecular weight is 175 g/mol. The minimum atomic E-state index is -2.96. The second kappa shape index (κ2) is 2.95. The Morgan fingerprint density at radius 2 is 2.27 bits per heavy atom. The van der Waals surface area contributed by atoms with Crippen molar-refractivity contribution in [2.75, 3.05) is 19.3 Å². The second-order valence-corrected chi connectivity index (χ2v) is 4.75. The van der Waals surface area contributed by atoms with Crippen LogP contribution in [-0.2, 0) is 10.0 Å². The van der Waals surface area contributed by atoms with E-state index in [1.165, 1.54) is 16.1 Å². The lowest BCUT2D eigenvalue weighted by Gasteiger charge is -2.11. The Morgan fingerprint density at radius 1 is 1.64 bits per heavy atom. The molecule has 4 heteroatoms. The molecule has 0 fully saturated rings. The van der Waals surface area contributed by atoms with E-state index >= 15 is 0 Å². The third-order valence-corrected chi connectivity index (χ3v) is 3.10. The van der Waals surface area contributed by atoms with Crippen molar-refractivity contribution < 1.29 is 8.42 Å². The molecule has 0 aromatic heterocycles. The molecule has 0 aromatic carbocycles. The lowest BCUT2D eigenvalue weighted by Crippen LogP contribution is -2.27. The summed E-state index contributed by atoms with van der Waals surface area (Å²) in [6.45, 7) is 3.19. The first-order valence-electron chi connectivity index (χ1n) is 3.67. The van der Waals surface area contributed by atoms with Crippen LogP contribution >= 0.6 is 0 Å². The van der Waals surface area contributed by atoms with Gasteiger partial charge in [0.05, 0.1) is 6.26 Å². The van der Waals surface area contributed by atoms with Gasteiger partial charge in [0.15, 0.2) is 0 Å². The van der Waals surface area contributed by atoms with Gasteiger partial charge in [-0.25, -0.2) is 8.42 Å². The minimum Gasteiger partial charge on any atom is -0.212 e. The summed E-state index contributed by atoms with van der Waals surface area (Å²) in [6, 6.07) is 0. The molecule has 0 saturated carbocycles. The molecular weight excluding hydrogens is 162 g/mol. The average Bonchev–Trinajstić information content (AvgIpc) is 2.32. The van der Waals surface area contributed by atoms with Crippen molar-refractivity contribution in [1.82, 2.24) is 4.31 Å². The molecule has 0 saturated heterocycles. The predicted molar refractivity (Wildman–Crippen MR) is 44.8 cm³/mol. The highest BCUT2D eigenvalue weighted by atomic mass is 32.2. The zero-order chi connectivity index (χ0) is 8.48. The van der Waals surface area contributed by atoms with Gasteiger partial charge in [0.25, 0.3) is 0 Å². The molecule has 0 aromatic rings. The lowest BCUT2D eigenvalue weighted by atomic mass is 10.2. The number of hydrogen-bond donors (Lipinski definition) is 0. The molecule has 0 spiro atoms. The van der Waals surface area contributed by atoms with E-state index in [0.717, 1.165) is 6.42 Å². The van der Waals surface area contributed by atoms with E-state index in [4.69, 9.17) is 0 Å². The molecule has 0 amide bonds. The topological polar surface area (TPSA) is 37.4 Å². The smallest absolute Gasteiger partial charge is 0.211 e. The first-order valence-corrected chi connectivity index (χ1v) is 5.52. The summed E-state index contributed by atoms with van der Waals surface area (Å²) < 4.78 is 23.5. The van der Waals surface area contributed by atoms with Gasteiger partial charge in [0, 0.05) is 13.1 Å². The van der Waals surface area contributed by atoms with Crippen LogP contribution in [0.5, 0.6) is 0 Å². The van der Waals surface area contributed by atoms with E-state index in [0.29, 0.717) is 13.1 Å². The van der Waals surface area contributed by atoms with E-state index in [9.17, 15) is 8.42 Å². The molecular formula is C7H13NO2S. The van der Waals surface area contributed by atoms with Crippen LogP contribution in [0.15, 0.2) is 11.6 Å². The van der Waals surface area contributed by atoms with E-state index < -0.39 is 10.0 Å². The molecule has 1 aliphatic heterocycles. The number of hydrogen-bond acceptors (Lipinski definition) is 2. The Kier molecular flexibility index (Phi) is 2.34. The van der Waals surface area contributed by atoms with Gasteiger partial charge in [-0.15, -0.1) is 0 Å². The monoisotopic (exact) mass is 175 g/mol. The maximum atomic E-state index is 11.0. The molecule has 0 N–H and O–H groups in total. The highest BCUT2D eigenvalue weighted by Crippen LogP contribution is 2.14. The zero-order valence-electron chi connectivity index (χ0n) is 6.87. The van der Waals surface area contributed by atoms with Crippen molar-refractivity contribution in [2.45, 2.75) is 13.3 Å². The van der Waals surface area contributed by atoms with Gasteiger partial charge in [-0.2, -0.15) is 4.31 Å². The summed E-state index contributed by atoms with van der Waals surface area (Å²) in [5.41, 5.74) is 1.22. The van der Waals surface area contributed by atoms with Gasteiger partial charge in [0.2, 0.25) is 10.0 Å². The molecule has 1 heterocycles. The molecule has 0 bridgehead atoms. The zero-order valence-corrected chi connectivity index (χ0v) is 7.69. The Hall–Kier alpha value is -0.350. The van der Waals surface area contributed by atoms with Crippen molar-refractivity contribution in [3.05, 3.63) is 11.6 Å². The van der Waals surface area contributed by atoms with Crippen LogP contribution in [0, 0.1) is 0 Å². The van der Waals surface area contributed by atoms with E-state index in [2.05, 4.69) is 0 Å². The van der Waals surface area contributed by atoms with Crippen LogP contribution < -0.4 is 0 Å². The first kappa shape index (κ1) is 8.74. The summed E-state index contributed by atoms with van der Waals surface area (Å²) >= 11 is 0. The number of nitrogens with zero attached hydrogens (tertiary/aromatic N) is 1. The van der Waals surface area contributed by atoms with Crippen LogP contribution in [0.4, 0.5) is 0 Å². The van der Waals surface area contributed by atoms with Gasteiger partial charge in [-0.3, -0.25) is 0 Å². The van der Waals surface area contributed by atoms with Gasteiger partial charge in [-0.1, -0.05) is 18.6 Å². The summed E-state index contributed by atoms with van der Waals surface area (Å²) in [5.74, 6) is 0. The maximum Gasteiger partial charge on any atom is 0.211 e. The fourth-order valence-electron chi connectivity index (χ4n) is 1.10. The summed E-state index contributed by atoms with van der Waals surface area (Å²) in [6.07, 6.45) is 4.19. The predicted octanol–water partition coefficient (Wildman–Crippen LogP) is 0.598. The Balaban J connectivity index is 2.62. The fourth-order valence-corrected chi connectivity index (χ4v) is 1.84. The molecule has 64 valence electrons. The fraction of sp³-hybridized carbons (Fsp3) is 0.714. The number of rotatable bonds is 2.